The molecule has 0 unspecified atom stereocenters. The standard InChI is InChI=1S/C36H44N4O10/c1-34(2,3)49-32(44)39-26-17-13-11-15-23(26)36(19-27(29(42)47-8)40(30(36)39)33(45)50-35(4,5)6)38-20-21(22-14-10-12-16-25(22)38)18-24(28(41)46-7)37-31(43)48-9/h10-17,20,24,27,30H,18-19H2,1-9H3,(H,37,43)/t24-,27+,30-,36+/m0/s1. The maximum atomic E-state index is 14.3. The first-order valence-electron chi connectivity index (χ1n) is 16.2. The van der Waals surface area contributed by atoms with Crippen LogP contribution in [0.5, 0.6) is 0 Å². The van der Waals surface area contributed by atoms with Gasteiger partial charge in [0.1, 0.15) is 35.0 Å². The highest BCUT2D eigenvalue weighted by atomic mass is 16.6. The fourth-order valence-corrected chi connectivity index (χ4v) is 6.90. The summed E-state index contributed by atoms with van der Waals surface area (Å²) in [5.41, 5.74) is -0.741. The van der Waals surface area contributed by atoms with E-state index in [1.807, 2.05) is 47.2 Å². The highest BCUT2D eigenvalue weighted by Gasteiger charge is 2.67. The molecule has 0 radical (unpaired) electrons. The minimum atomic E-state index is -1.31. The van der Waals surface area contributed by atoms with Crippen LogP contribution < -0.4 is 10.2 Å². The van der Waals surface area contributed by atoms with E-state index < -0.39 is 65.2 Å². The lowest BCUT2D eigenvalue weighted by molar-refractivity contribution is -0.146. The molecule has 4 atom stereocenters. The summed E-state index contributed by atoms with van der Waals surface area (Å²) < 4.78 is 28.7. The van der Waals surface area contributed by atoms with Crippen LogP contribution in [0.15, 0.2) is 54.7 Å². The highest BCUT2D eigenvalue weighted by Crippen LogP contribution is 2.57. The van der Waals surface area contributed by atoms with Crippen LogP contribution in [0, 0.1) is 0 Å². The van der Waals surface area contributed by atoms with Gasteiger partial charge in [-0.2, -0.15) is 0 Å². The van der Waals surface area contributed by atoms with Crippen LogP contribution in [-0.2, 0) is 45.2 Å². The number of nitrogens with one attached hydrogen (secondary N) is 1. The summed E-state index contributed by atoms with van der Waals surface area (Å²) in [7, 11) is 3.65. The quantitative estimate of drug-likeness (QED) is 0.273. The molecule has 0 saturated carbocycles. The first kappa shape index (κ1) is 36.0. The molecule has 3 heterocycles. The van der Waals surface area contributed by atoms with Crippen LogP contribution in [-0.4, -0.2) is 90.5 Å². The number of anilines is 1. The second-order valence-corrected chi connectivity index (χ2v) is 14.3. The zero-order valence-electron chi connectivity index (χ0n) is 29.8. The van der Waals surface area contributed by atoms with Crippen molar-refractivity contribution in [2.24, 2.45) is 0 Å². The van der Waals surface area contributed by atoms with Gasteiger partial charge in [-0.15, -0.1) is 0 Å². The number of nitrogens with zero attached hydrogens (tertiary/aromatic N) is 3. The maximum Gasteiger partial charge on any atom is 0.416 e. The number of benzene rings is 2. The number of esters is 2. The number of ether oxygens (including phenoxy) is 5. The second kappa shape index (κ2) is 13.2. The lowest BCUT2D eigenvalue weighted by Gasteiger charge is -2.39. The van der Waals surface area contributed by atoms with Gasteiger partial charge >= 0.3 is 30.2 Å². The Hall–Kier alpha value is -5.27. The van der Waals surface area contributed by atoms with E-state index in [0.29, 0.717) is 22.3 Å². The van der Waals surface area contributed by atoms with Gasteiger partial charge < -0.3 is 33.6 Å². The van der Waals surface area contributed by atoms with Crippen LogP contribution in [0.25, 0.3) is 10.9 Å². The molecule has 50 heavy (non-hydrogen) atoms. The number of aromatic nitrogens is 1. The Morgan fingerprint density at radius 3 is 2.08 bits per heavy atom. The molecule has 2 aromatic carbocycles. The van der Waals surface area contributed by atoms with Crippen molar-refractivity contribution in [2.45, 2.75) is 89.4 Å². The van der Waals surface area contributed by atoms with Gasteiger partial charge in [-0.1, -0.05) is 36.4 Å². The van der Waals surface area contributed by atoms with E-state index in [9.17, 15) is 24.0 Å². The number of para-hydroxylation sites is 2. The zero-order chi connectivity index (χ0) is 36.8. The predicted molar refractivity (Wildman–Crippen MR) is 181 cm³/mol. The van der Waals surface area contributed by atoms with Crippen molar-refractivity contribution in [1.29, 1.82) is 0 Å². The van der Waals surface area contributed by atoms with Gasteiger partial charge in [0.15, 0.2) is 0 Å². The lowest BCUT2D eigenvalue weighted by Crippen LogP contribution is -2.59. The highest BCUT2D eigenvalue weighted by molar-refractivity contribution is 5.97. The maximum absolute atomic E-state index is 14.3. The summed E-state index contributed by atoms with van der Waals surface area (Å²) in [4.78, 5) is 70.0. The number of methoxy groups -OCH3 is 3. The first-order chi connectivity index (χ1) is 23.5. The van der Waals surface area contributed by atoms with E-state index >= 15 is 0 Å². The Kier molecular flexibility index (Phi) is 9.52. The van der Waals surface area contributed by atoms with Gasteiger partial charge in [0.2, 0.25) is 0 Å². The van der Waals surface area contributed by atoms with Crippen molar-refractivity contribution < 1.29 is 47.7 Å². The van der Waals surface area contributed by atoms with Crippen LogP contribution in [0.3, 0.4) is 0 Å². The van der Waals surface area contributed by atoms with Crippen molar-refractivity contribution in [3.05, 3.63) is 65.9 Å². The van der Waals surface area contributed by atoms with E-state index in [0.717, 1.165) is 5.39 Å². The number of carbonyl (C=O) groups excluding carboxylic acids is 5. The Bertz CT molecular complexity index is 1820. The van der Waals surface area contributed by atoms with Gasteiger partial charge in [-0.05, 0) is 59.2 Å². The van der Waals surface area contributed by atoms with Crippen molar-refractivity contribution in [2.75, 3.05) is 26.2 Å². The van der Waals surface area contributed by atoms with Gasteiger partial charge in [-0.25, -0.2) is 24.0 Å². The SMILES string of the molecule is COC(=O)N[C@@H](Cc1cn([C@@]23C[C@H](C(=O)OC)N(C(=O)OC(C)(C)C)[C@@H]2N(C(=O)OC(C)(C)C)c2ccccc23)c2ccccc12)C(=O)OC. The Morgan fingerprint density at radius 2 is 1.46 bits per heavy atom. The molecular formula is C36H44N4O10. The molecule has 14 nitrogen and oxygen atoms in total. The van der Waals surface area contributed by atoms with E-state index in [1.165, 1.54) is 31.1 Å². The second-order valence-electron chi connectivity index (χ2n) is 14.3. The fraction of sp³-hybridized carbons (Fsp3) is 0.472. The van der Waals surface area contributed by atoms with E-state index in [2.05, 4.69) is 5.32 Å². The molecule has 1 fully saturated rings. The molecule has 3 amide bonds. The number of fused-ring (bicyclic) bond motifs is 4. The molecule has 14 heteroatoms. The molecule has 1 saturated heterocycles. The summed E-state index contributed by atoms with van der Waals surface area (Å²) >= 11 is 0. The summed E-state index contributed by atoms with van der Waals surface area (Å²) in [6.45, 7) is 10.4. The predicted octanol–water partition coefficient (Wildman–Crippen LogP) is 5.09. The molecule has 2 aliphatic rings. The summed E-state index contributed by atoms with van der Waals surface area (Å²) in [5, 5.41) is 3.26. The third kappa shape index (κ3) is 6.41. The first-order valence-corrected chi connectivity index (χ1v) is 16.2. The van der Waals surface area contributed by atoms with Crippen molar-refractivity contribution in [3.8, 4) is 0 Å². The van der Waals surface area contributed by atoms with Crippen LogP contribution >= 0.6 is 0 Å². The van der Waals surface area contributed by atoms with Crippen LogP contribution in [0.2, 0.25) is 0 Å². The normalized spacial score (nSPS) is 20.4. The molecule has 0 aliphatic carbocycles. The molecule has 268 valence electrons. The molecular weight excluding hydrogens is 648 g/mol. The molecule has 2 aliphatic heterocycles. The monoisotopic (exact) mass is 692 g/mol. The summed E-state index contributed by atoms with van der Waals surface area (Å²) in [6.07, 6.45) is -1.75. The molecule has 3 aromatic rings. The van der Waals surface area contributed by atoms with E-state index in [4.69, 9.17) is 23.7 Å². The zero-order valence-corrected chi connectivity index (χ0v) is 29.8. The van der Waals surface area contributed by atoms with Crippen molar-refractivity contribution in [3.63, 3.8) is 0 Å². The molecule has 1 N–H and O–H groups in total. The molecule has 5 rings (SSSR count). The molecule has 0 bridgehead atoms. The Morgan fingerprint density at radius 1 is 0.840 bits per heavy atom. The van der Waals surface area contributed by atoms with Crippen molar-refractivity contribution >= 4 is 46.8 Å². The lowest BCUT2D eigenvalue weighted by atomic mass is 9.86. The fourth-order valence-electron chi connectivity index (χ4n) is 6.90. The van der Waals surface area contributed by atoms with E-state index in [-0.39, 0.29) is 12.8 Å². The number of likely N-dealkylation sites (tertiary alicyclic amines) is 1. The van der Waals surface area contributed by atoms with Crippen LogP contribution in [0.1, 0.15) is 59.1 Å². The minimum absolute atomic E-state index is 0.00364. The number of carbonyl (C=O) groups is 5. The van der Waals surface area contributed by atoms with Crippen molar-refractivity contribution in [1.82, 2.24) is 14.8 Å². The van der Waals surface area contributed by atoms with Gasteiger partial charge in [-0.3, -0.25) is 9.80 Å². The average molecular weight is 693 g/mol. The Labute approximate surface area is 290 Å². The molecule has 1 aromatic heterocycles. The average Bonchev–Trinajstić information content (AvgIpc) is 3.68. The number of hydrogen-bond acceptors (Lipinski definition) is 10. The summed E-state index contributed by atoms with van der Waals surface area (Å²) in [5.74, 6) is -1.38. The van der Waals surface area contributed by atoms with Gasteiger partial charge in [0.05, 0.1) is 27.0 Å². The Balaban J connectivity index is 1.82. The number of hydrogen-bond donors (Lipinski definition) is 1. The van der Waals surface area contributed by atoms with Crippen LogP contribution in [0.4, 0.5) is 20.1 Å². The van der Waals surface area contributed by atoms with E-state index in [1.54, 1.807) is 53.7 Å². The topological polar surface area (TPSA) is 155 Å². The third-order valence-electron chi connectivity index (χ3n) is 8.68. The van der Waals surface area contributed by atoms with Gasteiger partial charge in [0.25, 0.3) is 0 Å². The number of alkyl carbamates (subject to hydrolysis) is 1. The van der Waals surface area contributed by atoms with Gasteiger partial charge in [0, 0.05) is 35.5 Å². The molecule has 0 spiro atoms. The third-order valence-corrected chi connectivity index (χ3v) is 8.68. The summed E-state index contributed by atoms with van der Waals surface area (Å²) in [6, 6.07) is 12.3. The number of rotatable bonds is 6. The number of amides is 3. The smallest absolute Gasteiger partial charge is 0.416 e. The largest absolute Gasteiger partial charge is 0.467 e. The minimum Gasteiger partial charge on any atom is -0.467 e.